The summed E-state index contributed by atoms with van der Waals surface area (Å²) in [4.78, 5) is 30.6. The minimum atomic E-state index is -0.534. The predicted molar refractivity (Wildman–Crippen MR) is 127 cm³/mol. The number of aromatic nitrogens is 2. The number of nitrogens with zero attached hydrogens (tertiary/aromatic N) is 3. The summed E-state index contributed by atoms with van der Waals surface area (Å²) in [6, 6.07) is 10.1. The highest BCUT2D eigenvalue weighted by atomic mass is 35.5. The zero-order chi connectivity index (χ0) is 23.5. The maximum absolute atomic E-state index is 13.4. The fourth-order valence-corrected chi connectivity index (χ4v) is 4.23. The summed E-state index contributed by atoms with van der Waals surface area (Å²) >= 11 is 12.2. The van der Waals surface area contributed by atoms with E-state index in [9.17, 15) is 14.9 Å². The maximum atomic E-state index is 13.4. The summed E-state index contributed by atoms with van der Waals surface area (Å²) in [5, 5.41) is 13.2. The van der Waals surface area contributed by atoms with Crippen molar-refractivity contribution in [1.82, 2.24) is 14.7 Å². The van der Waals surface area contributed by atoms with Crippen LogP contribution >= 0.6 is 23.2 Å². The van der Waals surface area contributed by atoms with Crippen molar-refractivity contribution in [3.63, 3.8) is 0 Å². The molecule has 0 atom stereocenters. The Morgan fingerprint density at radius 1 is 1.30 bits per heavy atom. The molecule has 0 bridgehead atoms. The van der Waals surface area contributed by atoms with E-state index < -0.39 is 11.5 Å². The lowest BCUT2D eigenvalue weighted by Crippen LogP contribution is -2.33. The van der Waals surface area contributed by atoms with Crippen LogP contribution in [0.3, 0.4) is 0 Å². The normalized spacial score (nSPS) is 14.3. The number of nitrogens with one attached hydrogen (secondary N) is 1. The highest BCUT2D eigenvalue weighted by Gasteiger charge is 2.22. The van der Waals surface area contributed by atoms with Crippen molar-refractivity contribution < 1.29 is 9.53 Å². The smallest absolute Gasteiger partial charge is 0.269 e. The summed E-state index contributed by atoms with van der Waals surface area (Å²) < 4.78 is 7.25. The molecule has 1 saturated carbocycles. The van der Waals surface area contributed by atoms with Gasteiger partial charge < -0.3 is 10.1 Å². The number of aryl methyl sites for hydroxylation is 1. The van der Waals surface area contributed by atoms with Crippen LogP contribution in [0.25, 0.3) is 11.7 Å². The van der Waals surface area contributed by atoms with E-state index in [0.717, 1.165) is 31.2 Å². The summed E-state index contributed by atoms with van der Waals surface area (Å²) in [5.41, 5.74) is 0.401. The molecule has 168 valence electrons. The van der Waals surface area contributed by atoms with Crippen molar-refractivity contribution in [2.45, 2.75) is 38.6 Å². The Kier molecular flexibility index (Phi) is 6.68. The second-order valence-corrected chi connectivity index (χ2v) is 8.67. The molecule has 33 heavy (non-hydrogen) atoms. The second-order valence-electron chi connectivity index (χ2n) is 7.82. The molecule has 0 radical (unpaired) electrons. The van der Waals surface area contributed by atoms with Crippen molar-refractivity contribution in [2.75, 3.05) is 0 Å². The summed E-state index contributed by atoms with van der Waals surface area (Å²) in [6.45, 7) is 1.81. The Labute approximate surface area is 200 Å². The molecule has 1 N–H and O–H groups in total. The van der Waals surface area contributed by atoms with E-state index in [1.54, 1.807) is 24.4 Å². The number of carbonyl (C=O) groups is 1. The molecule has 1 amide bonds. The third kappa shape index (κ3) is 4.87. The van der Waals surface area contributed by atoms with Crippen molar-refractivity contribution in [2.24, 2.45) is 0 Å². The third-order valence-electron chi connectivity index (χ3n) is 5.49. The molecule has 0 unspecified atom stereocenters. The van der Waals surface area contributed by atoms with Gasteiger partial charge >= 0.3 is 0 Å². The van der Waals surface area contributed by atoms with E-state index in [1.807, 2.05) is 19.1 Å². The van der Waals surface area contributed by atoms with E-state index in [2.05, 4.69) is 10.3 Å². The highest BCUT2D eigenvalue weighted by Crippen LogP contribution is 2.32. The average molecular weight is 483 g/mol. The maximum Gasteiger partial charge on any atom is 0.269 e. The molecule has 0 spiro atoms. The van der Waals surface area contributed by atoms with E-state index in [4.69, 9.17) is 27.9 Å². The monoisotopic (exact) mass is 482 g/mol. The summed E-state index contributed by atoms with van der Waals surface area (Å²) in [5.74, 6) is -0.372. The van der Waals surface area contributed by atoms with E-state index >= 15 is 0 Å². The molecule has 9 heteroatoms. The summed E-state index contributed by atoms with van der Waals surface area (Å²) in [6.07, 6.45) is 6.59. The zero-order valence-electron chi connectivity index (χ0n) is 17.8. The molecular weight excluding hydrogens is 463 g/mol. The molecule has 1 aromatic carbocycles. The number of halogens is 2. The number of rotatable bonds is 5. The van der Waals surface area contributed by atoms with Gasteiger partial charge in [-0.05, 0) is 55.7 Å². The van der Waals surface area contributed by atoms with Gasteiger partial charge in [0, 0.05) is 17.3 Å². The molecular formula is C24H20Cl2N4O3. The first-order valence-corrected chi connectivity index (χ1v) is 11.2. The lowest BCUT2D eigenvalue weighted by molar-refractivity contribution is -0.117. The number of pyridine rings is 1. The fraction of sp³-hybridized carbons (Fsp3) is 0.250. The standard InChI is InChI=1S/C24H20Cl2N4O3/c1-14-5-4-10-30-21(14)29-23(33-20-9-8-16(25)12-19(20)26)18(24(30)32)11-15(13-27)22(31)28-17-6-2-3-7-17/h4-5,8-12,17H,2-3,6-7H2,1H3,(H,28,31). The van der Waals surface area contributed by atoms with Gasteiger partial charge in [0.15, 0.2) is 0 Å². The molecule has 0 aliphatic heterocycles. The number of hydrogen-bond donors (Lipinski definition) is 1. The zero-order valence-corrected chi connectivity index (χ0v) is 19.3. The van der Waals surface area contributed by atoms with Gasteiger partial charge in [0.05, 0.1) is 5.02 Å². The Morgan fingerprint density at radius 3 is 2.76 bits per heavy atom. The second kappa shape index (κ2) is 9.65. The number of ether oxygens (including phenoxy) is 1. The van der Waals surface area contributed by atoms with Gasteiger partial charge in [-0.1, -0.05) is 42.1 Å². The van der Waals surface area contributed by atoms with E-state index in [0.29, 0.717) is 10.7 Å². The highest BCUT2D eigenvalue weighted by molar-refractivity contribution is 6.35. The number of benzene rings is 1. The molecule has 2 aromatic heterocycles. The fourth-order valence-electron chi connectivity index (χ4n) is 3.78. The molecule has 1 aliphatic carbocycles. The van der Waals surface area contributed by atoms with Crippen LogP contribution in [-0.4, -0.2) is 21.3 Å². The largest absolute Gasteiger partial charge is 0.437 e. The number of nitriles is 1. The van der Waals surface area contributed by atoms with Crippen LogP contribution in [0.2, 0.25) is 10.0 Å². The molecule has 3 aromatic rings. The Morgan fingerprint density at radius 2 is 2.06 bits per heavy atom. The van der Waals surface area contributed by atoms with E-state index in [-0.39, 0.29) is 33.8 Å². The Hall–Kier alpha value is -3.34. The predicted octanol–water partition coefficient (Wildman–Crippen LogP) is 5.07. The van der Waals surface area contributed by atoms with Gasteiger partial charge in [0.1, 0.15) is 28.6 Å². The number of amides is 1. The Bertz CT molecular complexity index is 1370. The minimum absolute atomic E-state index is 0.0244. The van der Waals surface area contributed by atoms with Crippen LogP contribution in [0.4, 0.5) is 0 Å². The molecule has 0 saturated heterocycles. The van der Waals surface area contributed by atoms with Crippen LogP contribution < -0.4 is 15.6 Å². The topological polar surface area (TPSA) is 96.5 Å². The first-order valence-electron chi connectivity index (χ1n) is 10.4. The molecule has 7 nitrogen and oxygen atoms in total. The first-order chi connectivity index (χ1) is 15.9. The van der Waals surface area contributed by atoms with Gasteiger partial charge in [0.25, 0.3) is 11.5 Å². The molecule has 1 aliphatic rings. The molecule has 4 rings (SSSR count). The van der Waals surface area contributed by atoms with Crippen LogP contribution in [-0.2, 0) is 4.79 Å². The van der Waals surface area contributed by atoms with Gasteiger partial charge in [-0.25, -0.2) is 0 Å². The van der Waals surface area contributed by atoms with Crippen molar-refractivity contribution in [1.29, 1.82) is 5.26 Å². The van der Waals surface area contributed by atoms with Crippen LogP contribution in [0.5, 0.6) is 11.6 Å². The van der Waals surface area contributed by atoms with Gasteiger partial charge in [0.2, 0.25) is 5.88 Å². The number of fused-ring (bicyclic) bond motifs is 1. The lowest BCUT2D eigenvalue weighted by atomic mass is 10.1. The average Bonchev–Trinajstić information content (AvgIpc) is 3.29. The summed E-state index contributed by atoms with van der Waals surface area (Å²) in [7, 11) is 0. The van der Waals surface area contributed by atoms with Crippen LogP contribution in [0.1, 0.15) is 36.8 Å². The Balaban J connectivity index is 1.84. The van der Waals surface area contributed by atoms with Crippen molar-refractivity contribution in [3.8, 4) is 17.7 Å². The van der Waals surface area contributed by atoms with E-state index in [1.165, 1.54) is 16.5 Å². The lowest BCUT2D eigenvalue weighted by Gasteiger charge is -2.13. The van der Waals surface area contributed by atoms with Crippen molar-refractivity contribution >= 4 is 40.8 Å². The third-order valence-corrected chi connectivity index (χ3v) is 6.02. The SMILES string of the molecule is Cc1cccn2c(=O)c(C=C(C#N)C(=O)NC3CCCC3)c(Oc3ccc(Cl)cc3Cl)nc12. The number of carbonyl (C=O) groups excluding carboxylic acids is 1. The van der Waals surface area contributed by atoms with Gasteiger partial charge in [-0.15, -0.1) is 0 Å². The van der Waals surface area contributed by atoms with Crippen LogP contribution in [0.15, 0.2) is 46.9 Å². The minimum Gasteiger partial charge on any atom is -0.437 e. The van der Waals surface area contributed by atoms with Gasteiger partial charge in [-0.3, -0.25) is 14.0 Å². The van der Waals surface area contributed by atoms with Crippen LogP contribution in [0, 0.1) is 18.3 Å². The molecule has 1 fully saturated rings. The quantitative estimate of drug-likeness (QED) is 0.404. The van der Waals surface area contributed by atoms with Crippen molar-refractivity contribution in [3.05, 3.63) is 73.6 Å². The van der Waals surface area contributed by atoms with Gasteiger partial charge in [-0.2, -0.15) is 10.2 Å². The molecule has 2 heterocycles. The number of hydrogen-bond acceptors (Lipinski definition) is 5. The first kappa shape index (κ1) is 22.8.